The topological polar surface area (TPSA) is 582 Å². The van der Waals surface area contributed by atoms with Crippen LogP contribution in [0.4, 0.5) is 69.3 Å². The number of rotatable bonds is 18. The van der Waals surface area contributed by atoms with E-state index < -0.39 is 180 Å². The molecule has 96 heavy (non-hydrogen) atoms. The zero-order valence-corrected chi connectivity index (χ0v) is 53.0. The molecular formula is C52H34Cl2N14O22S6. The molecule has 0 aliphatic heterocycles. The molecule has 0 fully saturated rings. The molecular weight excluding hydrogens is 1440 g/mol. The van der Waals surface area contributed by atoms with Crippen molar-refractivity contribution < 1.29 is 98.2 Å². The molecule has 494 valence electrons. The van der Waals surface area contributed by atoms with Crippen molar-refractivity contribution in [3.63, 3.8) is 0 Å². The molecule has 11 aromatic rings. The molecule has 0 radical (unpaired) electrons. The summed E-state index contributed by atoms with van der Waals surface area (Å²) in [5.41, 5.74) is -2.84. The lowest BCUT2D eigenvalue weighted by Gasteiger charge is -2.15. The van der Waals surface area contributed by atoms with Gasteiger partial charge in [-0.2, -0.15) is 90.6 Å². The summed E-state index contributed by atoms with van der Waals surface area (Å²) in [6.45, 7) is 0. The number of hydrogen-bond acceptors (Lipinski definition) is 30. The number of aromatic hydroxyl groups is 4. The number of nitrogens with zero attached hydrogens (tertiary/aromatic N) is 10. The highest BCUT2D eigenvalue weighted by Crippen LogP contribution is 2.47. The SMILES string of the molecule is O=S(=O)(O)c1cc2cc(N=Nc3c(S(=O)(=O)O)cc(S(=O)(=O)O)c4cccc(O)c34)ccc2c(O)c1Nc1nc(Cl)nc(Nc2ccc(Nc3nc(Cl)nc(Nc4c(S(=O)(=O)O)cc5cc(N=Nc6c(S(=O)(=O)O)cc(S(=O)(=O)O)c7cccc(O)c67)ccc5c4O)n3)cc2)n1. The summed E-state index contributed by atoms with van der Waals surface area (Å²) < 4.78 is 211. The minimum absolute atomic E-state index is 0.114. The fraction of sp³-hybridized carbons (Fsp3) is 0. The largest absolute Gasteiger partial charge is 0.507 e. The lowest BCUT2D eigenvalue weighted by atomic mass is 10.1. The second-order valence-electron chi connectivity index (χ2n) is 19.7. The number of fused-ring (bicyclic) bond motifs is 4. The average Bonchev–Trinajstić information content (AvgIpc) is 0.761. The maximum absolute atomic E-state index is 12.9. The van der Waals surface area contributed by atoms with Crippen LogP contribution in [0.15, 0.2) is 171 Å². The van der Waals surface area contributed by atoms with Crippen molar-refractivity contribution in [2.75, 3.05) is 21.3 Å². The molecule has 2 aromatic heterocycles. The highest BCUT2D eigenvalue weighted by Gasteiger charge is 2.31. The third-order valence-electron chi connectivity index (χ3n) is 13.5. The van der Waals surface area contributed by atoms with Crippen LogP contribution in [-0.2, 0) is 60.7 Å². The summed E-state index contributed by atoms with van der Waals surface area (Å²) in [6, 6.07) is 21.9. The van der Waals surface area contributed by atoms with Gasteiger partial charge in [-0.25, -0.2) is 0 Å². The Morgan fingerprint density at radius 3 is 0.979 bits per heavy atom. The smallest absolute Gasteiger partial charge is 0.296 e. The summed E-state index contributed by atoms with van der Waals surface area (Å²) in [6.07, 6.45) is 0. The Hall–Kier alpha value is -10.3. The molecule has 0 aliphatic carbocycles. The van der Waals surface area contributed by atoms with Gasteiger partial charge in [0.2, 0.25) is 34.4 Å². The second kappa shape index (κ2) is 24.5. The van der Waals surface area contributed by atoms with Crippen LogP contribution in [0, 0.1) is 0 Å². The van der Waals surface area contributed by atoms with E-state index >= 15 is 0 Å². The van der Waals surface area contributed by atoms with Gasteiger partial charge in [-0.05, 0) is 131 Å². The van der Waals surface area contributed by atoms with Gasteiger partial charge in [0.15, 0.2) is 0 Å². The fourth-order valence-corrected chi connectivity index (χ4v) is 14.1. The van der Waals surface area contributed by atoms with Crippen LogP contribution in [0.3, 0.4) is 0 Å². The van der Waals surface area contributed by atoms with Crippen LogP contribution >= 0.6 is 23.2 Å². The van der Waals surface area contributed by atoms with Crippen LogP contribution in [0.1, 0.15) is 0 Å². The minimum atomic E-state index is -5.35. The number of anilines is 8. The summed E-state index contributed by atoms with van der Waals surface area (Å²) in [5, 5.41) is 67.1. The Balaban J connectivity index is 0.821. The van der Waals surface area contributed by atoms with E-state index in [1.165, 1.54) is 60.7 Å². The standard InChI is InChI=1S/C52H34Cl2N14O22S6/c53-47-59-49(63-51(61-47)57-43-35(93(79,80)81)17-21-15-25(11-13-27(21)45(43)71)65-67-41-37(95(85,86)87)19-33(91(73,74)75)29-3-1-5-31(69)39(29)41)55-23-7-9-24(10-8-23)56-50-60-48(54)62-52(64-50)58-44-36(94(82,83)84)18-22-16-26(12-14-28(22)46(44)72)66-68-42-38(96(88,89)90)20-34(92(76,77)78)30-4-2-6-32(70)40(30)42/h1-20,69-72H,(H,73,74,75)(H,76,77,78)(H,79,80,81)(H,82,83,84)(H,85,86,87)(H,88,89,90)(H2,55,57,59,61,63)(H2,56,58,60,62,64). The van der Waals surface area contributed by atoms with Crippen LogP contribution in [0.5, 0.6) is 23.0 Å². The van der Waals surface area contributed by atoms with Crippen molar-refractivity contribution in [2.24, 2.45) is 20.5 Å². The third-order valence-corrected chi connectivity index (χ3v) is 19.1. The molecule has 0 amide bonds. The zero-order chi connectivity index (χ0) is 69.5. The van der Waals surface area contributed by atoms with Gasteiger partial charge in [0.25, 0.3) is 60.7 Å². The first-order valence-electron chi connectivity index (χ1n) is 25.7. The summed E-state index contributed by atoms with van der Waals surface area (Å²) in [7, 11) is -31.5. The van der Waals surface area contributed by atoms with Crippen LogP contribution in [0.25, 0.3) is 43.1 Å². The number of benzene rings is 9. The molecule has 9 aromatic carbocycles. The van der Waals surface area contributed by atoms with Gasteiger partial charge in [0.1, 0.15) is 75.1 Å². The number of aromatic nitrogens is 6. The molecule has 36 nitrogen and oxygen atoms in total. The molecule has 11 rings (SSSR count). The van der Waals surface area contributed by atoms with Gasteiger partial charge in [-0.1, -0.05) is 24.3 Å². The highest BCUT2D eigenvalue weighted by atomic mass is 35.5. The van der Waals surface area contributed by atoms with E-state index in [0.29, 0.717) is 12.1 Å². The Bertz CT molecular complexity index is 5650. The number of phenols is 4. The summed E-state index contributed by atoms with van der Waals surface area (Å²) >= 11 is 12.5. The number of azo groups is 2. The predicted octanol–water partition coefficient (Wildman–Crippen LogP) is 10.1. The number of phenolic OH excluding ortho intramolecular Hbond substituents is 4. The first-order valence-corrected chi connectivity index (χ1v) is 35.1. The van der Waals surface area contributed by atoms with Crippen LogP contribution < -0.4 is 21.3 Å². The lowest BCUT2D eigenvalue weighted by Crippen LogP contribution is -2.08. The van der Waals surface area contributed by atoms with Gasteiger partial charge in [-0.15, -0.1) is 10.2 Å². The van der Waals surface area contributed by atoms with E-state index in [2.05, 4.69) is 71.6 Å². The van der Waals surface area contributed by atoms with Crippen LogP contribution in [0.2, 0.25) is 10.6 Å². The molecule has 0 unspecified atom stereocenters. The van der Waals surface area contributed by atoms with Crippen molar-refractivity contribution in [1.82, 2.24) is 29.9 Å². The van der Waals surface area contributed by atoms with Crippen molar-refractivity contribution in [3.8, 4) is 23.0 Å². The van der Waals surface area contributed by atoms with E-state index in [0.717, 1.165) is 48.5 Å². The third kappa shape index (κ3) is 13.8. The van der Waals surface area contributed by atoms with E-state index in [1.807, 2.05) is 0 Å². The normalized spacial score (nSPS) is 12.8. The Morgan fingerprint density at radius 2 is 0.656 bits per heavy atom. The van der Waals surface area contributed by atoms with Gasteiger partial charge in [0.05, 0.1) is 22.1 Å². The van der Waals surface area contributed by atoms with Crippen molar-refractivity contribution in [1.29, 1.82) is 0 Å². The summed E-state index contributed by atoms with van der Waals surface area (Å²) in [4.78, 5) is 17.9. The van der Waals surface area contributed by atoms with Gasteiger partial charge < -0.3 is 41.7 Å². The molecule has 0 atom stereocenters. The Morgan fingerprint density at radius 1 is 0.333 bits per heavy atom. The molecule has 0 bridgehead atoms. The van der Waals surface area contributed by atoms with E-state index in [4.69, 9.17) is 23.2 Å². The second-order valence-corrected chi connectivity index (χ2v) is 28.7. The first-order chi connectivity index (χ1) is 44.8. The Kier molecular flexibility index (Phi) is 17.1. The maximum atomic E-state index is 12.9. The first kappa shape index (κ1) is 67.1. The van der Waals surface area contributed by atoms with E-state index in [9.17, 15) is 98.2 Å². The van der Waals surface area contributed by atoms with Gasteiger partial charge >= 0.3 is 0 Å². The maximum Gasteiger partial charge on any atom is 0.296 e. The van der Waals surface area contributed by atoms with Crippen LogP contribution in [-0.4, -0.2) is 128 Å². The molecule has 2 heterocycles. The van der Waals surface area contributed by atoms with Crippen molar-refractivity contribution in [3.05, 3.63) is 132 Å². The highest BCUT2D eigenvalue weighted by molar-refractivity contribution is 7.87. The zero-order valence-electron chi connectivity index (χ0n) is 46.6. The minimum Gasteiger partial charge on any atom is -0.507 e. The molecule has 0 spiro atoms. The molecule has 14 N–H and O–H groups in total. The van der Waals surface area contributed by atoms with Crippen molar-refractivity contribution >= 4 is 196 Å². The molecule has 0 saturated carbocycles. The quantitative estimate of drug-likeness (QED) is 0.0216. The molecule has 44 heteroatoms. The van der Waals surface area contributed by atoms with Crippen molar-refractivity contribution in [2.45, 2.75) is 29.4 Å². The van der Waals surface area contributed by atoms with Gasteiger partial charge in [0, 0.05) is 32.9 Å². The fourth-order valence-electron chi connectivity index (χ4n) is 9.51. The lowest BCUT2D eigenvalue weighted by molar-refractivity contribution is 0.473. The van der Waals surface area contributed by atoms with Gasteiger partial charge in [-0.3, -0.25) is 27.3 Å². The van der Waals surface area contributed by atoms with E-state index in [-0.39, 0.29) is 56.2 Å². The Labute approximate surface area is 546 Å². The average molecular weight is 1470 g/mol. The summed E-state index contributed by atoms with van der Waals surface area (Å²) in [5.74, 6) is -4.69. The molecule has 0 aliphatic rings. The molecule has 0 saturated heterocycles. The monoisotopic (exact) mass is 1470 g/mol. The predicted molar refractivity (Wildman–Crippen MR) is 339 cm³/mol. The number of hydrogen-bond donors (Lipinski definition) is 14. The number of nitrogens with one attached hydrogen (secondary N) is 4. The number of halogens is 2. The van der Waals surface area contributed by atoms with E-state index in [1.54, 1.807) is 0 Å².